The fourth-order valence-electron chi connectivity index (χ4n) is 7.21. The Morgan fingerprint density at radius 3 is 2.38 bits per heavy atom. The molecular formula is C27H41F3O2. The first-order valence-electron chi connectivity index (χ1n) is 12.4. The van der Waals surface area contributed by atoms with Crippen molar-refractivity contribution in [2.75, 3.05) is 0 Å². The zero-order valence-electron chi connectivity index (χ0n) is 20.3. The molecule has 0 bridgehead atoms. The maximum atomic E-state index is 12.6. The zero-order valence-corrected chi connectivity index (χ0v) is 20.3. The van der Waals surface area contributed by atoms with Crippen molar-refractivity contribution in [3.63, 3.8) is 0 Å². The summed E-state index contributed by atoms with van der Waals surface area (Å²) in [7, 11) is 0. The van der Waals surface area contributed by atoms with E-state index in [2.05, 4.69) is 26.0 Å². The van der Waals surface area contributed by atoms with Crippen LogP contribution in [0.15, 0.2) is 35.5 Å². The van der Waals surface area contributed by atoms with E-state index in [4.69, 9.17) is 0 Å². The third-order valence-corrected chi connectivity index (χ3v) is 9.11. The molecule has 4 unspecified atom stereocenters. The van der Waals surface area contributed by atoms with E-state index in [1.807, 2.05) is 20.8 Å². The molecule has 5 heteroatoms. The predicted molar refractivity (Wildman–Crippen MR) is 123 cm³/mol. The third-order valence-electron chi connectivity index (χ3n) is 9.11. The molecule has 4 aliphatic carbocycles. The van der Waals surface area contributed by atoms with Crippen LogP contribution in [0.2, 0.25) is 0 Å². The average molecular weight is 455 g/mol. The molecule has 0 aromatic carbocycles. The van der Waals surface area contributed by atoms with E-state index >= 15 is 0 Å². The number of hydrogen-bond donors (Lipinski definition) is 2. The second-order valence-electron chi connectivity index (χ2n) is 11.0. The molecule has 0 aromatic rings. The van der Waals surface area contributed by atoms with Crippen LogP contribution in [0.5, 0.6) is 0 Å². The highest BCUT2D eigenvalue weighted by Crippen LogP contribution is 2.65. The fourth-order valence-corrected chi connectivity index (χ4v) is 7.21. The Balaban J connectivity index is 0.00000141. The SMILES string of the molecule is CC.C[C@]1(O)CC[C@@]2(C)C(=CCC3C2CC[C@]2(C)C(C/C=C/C(O)C(F)(F)F)=CCC32)C1. The predicted octanol–water partition coefficient (Wildman–Crippen LogP) is 7.13. The van der Waals surface area contributed by atoms with Gasteiger partial charge < -0.3 is 10.2 Å². The summed E-state index contributed by atoms with van der Waals surface area (Å²) in [6.07, 6.45) is 7.46. The van der Waals surface area contributed by atoms with Gasteiger partial charge in [0.15, 0.2) is 6.10 Å². The summed E-state index contributed by atoms with van der Waals surface area (Å²) >= 11 is 0. The first-order chi connectivity index (χ1) is 14.9. The molecule has 182 valence electrons. The molecule has 2 fully saturated rings. The second-order valence-corrected chi connectivity index (χ2v) is 11.0. The maximum absolute atomic E-state index is 12.6. The standard InChI is InChI=1S/C25H35F3O2.C2H6/c1-22(30)13-14-24(3)17(15-22)7-9-18-19-10-8-16(23(19,2)12-11-20(18)24)5-4-6-21(29)25(26,27)28;1-2/h4,6-8,18-21,29-30H,5,9-15H2,1-3H3;1-2H3/b6-4+;/t18?,19?,20?,21?,22-,23+,24-;/m0./s1. The lowest BCUT2D eigenvalue weighted by Crippen LogP contribution is -2.51. The highest BCUT2D eigenvalue weighted by molar-refractivity contribution is 5.31. The minimum atomic E-state index is -4.60. The van der Waals surface area contributed by atoms with Gasteiger partial charge in [-0.3, -0.25) is 0 Å². The Morgan fingerprint density at radius 2 is 1.72 bits per heavy atom. The van der Waals surface area contributed by atoms with Crippen molar-refractivity contribution in [2.45, 2.75) is 104 Å². The van der Waals surface area contributed by atoms with Gasteiger partial charge in [0.2, 0.25) is 0 Å². The summed E-state index contributed by atoms with van der Waals surface area (Å²) in [5.41, 5.74) is 2.31. The van der Waals surface area contributed by atoms with Crippen LogP contribution >= 0.6 is 0 Å². The lowest BCUT2D eigenvalue weighted by molar-refractivity contribution is -0.187. The molecule has 0 radical (unpaired) electrons. The lowest BCUT2D eigenvalue weighted by atomic mass is 9.46. The number of allylic oxidation sites excluding steroid dienone is 4. The summed E-state index contributed by atoms with van der Waals surface area (Å²) in [5, 5.41) is 19.8. The van der Waals surface area contributed by atoms with Gasteiger partial charge in [0.1, 0.15) is 0 Å². The number of aliphatic hydroxyl groups excluding tert-OH is 1. The minimum absolute atomic E-state index is 0.0382. The van der Waals surface area contributed by atoms with Gasteiger partial charge in [0.25, 0.3) is 0 Å². The quantitative estimate of drug-likeness (QED) is 0.445. The summed E-state index contributed by atoms with van der Waals surface area (Å²) in [4.78, 5) is 0. The average Bonchev–Trinajstić information content (AvgIpc) is 3.05. The molecule has 2 N–H and O–H groups in total. The highest BCUT2D eigenvalue weighted by atomic mass is 19.4. The number of alkyl halides is 3. The molecule has 32 heavy (non-hydrogen) atoms. The Kier molecular flexibility index (Phi) is 7.14. The van der Waals surface area contributed by atoms with E-state index in [1.54, 1.807) is 0 Å². The van der Waals surface area contributed by atoms with Gasteiger partial charge in [-0.1, -0.05) is 63.1 Å². The van der Waals surface area contributed by atoms with Crippen molar-refractivity contribution in [2.24, 2.45) is 28.6 Å². The summed E-state index contributed by atoms with van der Waals surface area (Å²) in [5.74, 6) is 1.75. The van der Waals surface area contributed by atoms with Crippen LogP contribution in [0.4, 0.5) is 13.2 Å². The molecule has 4 rings (SSSR count). The molecule has 0 saturated heterocycles. The normalized spacial score (nSPS) is 42.1. The molecular weight excluding hydrogens is 413 g/mol. The molecule has 0 aliphatic heterocycles. The molecule has 2 saturated carbocycles. The molecule has 2 nitrogen and oxygen atoms in total. The zero-order chi connectivity index (χ0) is 23.9. The molecule has 4 aliphatic rings. The van der Waals surface area contributed by atoms with Crippen LogP contribution in [0.3, 0.4) is 0 Å². The van der Waals surface area contributed by atoms with Crippen molar-refractivity contribution < 1.29 is 23.4 Å². The maximum Gasteiger partial charge on any atom is 0.417 e. The van der Waals surface area contributed by atoms with Crippen LogP contribution in [0, 0.1) is 28.6 Å². The number of aliphatic hydroxyl groups is 2. The van der Waals surface area contributed by atoms with E-state index in [1.165, 1.54) is 17.2 Å². The third kappa shape index (κ3) is 4.49. The van der Waals surface area contributed by atoms with Crippen LogP contribution < -0.4 is 0 Å². The summed E-state index contributed by atoms with van der Waals surface area (Å²) in [6, 6.07) is 0. The van der Waals surface area contributed by atoms with E-state index in [0.29, 0.717) is 24.2 Å². The molecule has 0 heterocycles. The van der Waals surface area contributed by atoms with Gasteiger partial charge in [-0.15, -0.1) is 0 Å². The topological polar surface area (TPSA) is 40.5 Å². The Hall–Kier alpha value is -1.07. The van der Waals surface area contributed by atoms with Crippen LogP contribution in [0.1, 0.15) is 86.0 Å². The summed E-state index contributed by atoms with van der Waals surface area (Å²) < 4.78 is 37.7. The first-order valence-corrected chi connectivity index (χ1v) is 12.4. The Bertz CT molecular complexity index is 778. The van der Waals surface area contributed by atoms with E-state index in [-0.39, 0.29) is 10.8 Å². The van der Waals surface area contributed by atoms with Gasteiger partial charge in [-0.25, -0.2) is 0 Å². The minimum Gasteiger partial charge on any atom is -0.390 e. The van der Waals surface area contributed by atoms with Gasteiger partial charge in [0.05, 0.1) is 5.60 Å². The van der Waals surface area contributed by atoms with Crippen LogP contribution in [-0.2, 0) is 0 Å². The van der Waals surface area contributed by atoms with E-state index in [9.17, 15) is 23.4 Å². The Labute approximate surface area is 191 Å². The van der Waals surface area contributed by atoms with Gasteiger partial charge in [0, 0.05) is 0 Å². The van der Waals surface area contributed by atoms with Crippen molar-refractivity contribution >= 4 is 0 Å². The van der Waals surface area contributed by atoms with Crippen molar-refractivity contribution in [1.82, 2.24) is 0 Å². The summed E-state index contributed by atoms with van der Waals surface area (Å²) in [6.45, 7) is 10.7. The number of fused-ring (bicyclic) bond motifs is 5. The van der Waals surface area contributed by atoms with Gasteiger partial charge >= 0.3 is 6.18 Å². The largest absolute Gasteiger partial charge is 0.417 e. The van der Waals surface area contributed by atoms with E-state index in [0.717, 1.165) is 51.0 Å². The monoisotopic (exact) mass is 454 g/mol. The first kappa shape index (κ1) is 25.6. The molecule has 0 spiro atoms. The van der Waals surface area contributed by atoms with Gasteiger partial charge in [-0.05, 0) is 86.9 Å². The van der Waals surface area contributed by atoms with Crippen molar-refractivity contribution in [1.29, 1.82) is 0 Å². The van der Waals surface area contributed by atoms with Gasteiger partial charge in [-0.2, -0.15) is 13.2 Å². The number of hydrogen-bond acceptors (Lipinski definition) is 2. The smallest absolute Gasteiger partial charge is 0.390 e. The highest BCUT2D eigenvalue weighted by Gasteiger charge is 2.57. The lowest BCUT2D eigenvalue weighted by Gasteiger charge is -2.58. The van der Waals surface area contributed by atoms with E-state index < -0.39 is 17.9 Å². The van der Waals surface area contributed by atoms with Crippen LogP contribution in [-0.4, -0.2) is 28.1 Å². The molecule has 0 aromatic heterocycles. The Morgan fingerprint density at radius 1 is 1.03 bits per heavy atom. The van der Waals surface area contributed by atoms with Crippen molar-refractivity contribution in [3.8, 4) is 0 Å². The molecule has 7 atom stereocenters. The fraction of sp³-hybridized carbons (Fsp3) is 0.778. The second kappa shape index (κ2) is 8.94. The number of rotatable bonds is 3. The number of halogens is 3. The molecule has 0 amide bonds. The van der Waals surface area contributed by atoms with Crippen molar-refractivity contribution in [3.05, 3.63) is 35.5 Å². The van der Waals surface area contributed by atoms with Crippen LogP contribution in [0.25, 0.3) is 0 Å².